The number of hydrogen-bond acceptors (Lipinski definition) is 6. The number of aliphatic carboxylic acids is 1. The first-order valence-corrected chi connectivity index (χ1v) is 4.55. The molecule has 1 aromatic heterocycles. The highest BCUT2D eigenvalue weighted by Crippen LogP contribution is 2.02. The number of carboxylic acid groups (broad SMARTS) is 1. The molecule has 0 aliphatic rings. The fourth-order valence-electron chi connectivity index (χ4n) is 0.844. The van der Waals surface area contributed by atoms with Gasteiger partial charge in [-0.05, 0) is 6.92 Å². The SMILES string of the molecule is Cc1nnc(NC(=O)CNC(C)C(=O)O)o1. The van der Waals surface area contributed by atoms with E-state index >= 15 is 0 Å². The lowest BCUT2D eigenvalue weighted by molar-refractivity contribution is -0.139. The van der Waals surface area contributed by atoms with Crippen molar-refractivity contribution in [2.24, 2.45) is 0 Å². The first kappa shape index (κ1) is 12.1. The largest absolute Gasteiger partial charge is 0.480 e. The predicted molar refractivity (Wildman–Crippen MR) is 52.8 cm³/mol. The van der Waals surface area contributed by atoms with Crippen LogP contribution in [-0.4, -0.2) is 39.8 Å². The summed E-state index contributed by atoms with van der Waals surface area (Å²) < 4.78 is 4.91. The summed E-state index contributed by atoms with van der Waals surface area (Å²) in [6.45, 7) is 2.88. The molecule has 0 saturated heterocycles. The summed E-state index contributed by atoms with van der Waals surface area (Å²) in [6.07, 6.45) is 0. The van der Waals surface area contributed by atoms with Gasteiger partial charge in [-0.15, -0.1) is 5.10 Å². The van der Waals surface area contributed by atoms with Crippen LogP contribution < -0.4 is 10.6 Å². The van der Waals surface area contributed by atoms with Crippen LogP contribution in [0, 0.1) is 6.92 Å². The van der Waals surface area contributed by atoms with Gasteiger partial charge in [-0.1, -0.05) is 5.10 Å². The zero-order chi connectivity index (χ0) is 12.1. The Hall–Kier alpha value is -1.96. The Morgan fingerprint density at radius 2 is 2.19 bits per heavy atom. The summed E-state index contributed by atoms with van der Waals surface area (Å²) in [5, 5.41) is 20.5. The van der Waals surface area contributed by atoms with Crippen LogP contribution in [0.25, 0.3) is 0 Å². The van der Waals surface area contributed by atoms with Crippen molar-refractivity contribution >= 4 is 17.9 Å². The van der Waals surface area contributed by atoms with Gasteiger partial charge >= 0.3 is 12.0 Å². The highest BCUT2D eigenvalue weighted by atomic mass is 16.4. The van der Waals surface area contributed by atoms with Crippen molar-refractivity contribution in [2.45, 2.75) is 19.9 Å². The van der Waals surface area contributed by atoms with Gasteiger partial charge in [0.2, 0.25) is 11.8 Å². The number of anilines is 1. The van der Waals surface area contributed by atoms with E-state index in [9.17, 15) is 9.59 Å². The minimum Gasteiger partial charge on any atom is -0.480 e. The summed E-state index contributed by atoms with van der Waals surface area (Å²) in [7, 11) is 0. The number of amides is 1. The van der Waals surface area contributed by atoms with E-state index in [1.165, 1.54) is 6.92 Å². The molecule has 1 unspecified atom stereocenters. The molecule has 1 atom stereocenters. The minimum absolute atomic E-state index is 0.00715. The molecular formula is C8H12N4O4. The third-order valence-electron chi connectivity index (χ3n) is 1.71. The normalized spacial score (nSPS) is 12.1. The molecule has 0 aliphatic heterocycles. The standard InChI is InChI=1S/C8H12N4O4/c1-4(7(14)15)9-3-6(13)10-8-12-11-5(2)16-8/h4,9H,3H2,1-2H3,(H,14,15)(H,10,12,13). The highest BCUT2D eigenvalue weighted by Gasteiger charge is 2.13. The number of aryl methyl sites for hydroxylation is 1. The summed E-state index contributed by atoms with van der Waals surface area (Å²) in [5.74, 6) is -1.14. The smallest absolute Gasteiger partial charge is 0.322 e. The van der Waals surface area contributed by atoms with Crippen LogP contribution in [0.4, 0.5) is 6.01 Å². The average molecular weight is 228 g/mol. The Morgan fingerprint density at radius 3 is 2.69 bits per heavy atom. The lowest BCUT2D eigenvalue weighted by Crippen LogP contribution is -2.39. The molecule has 0 bridgehead atoms. The van der Waals surface area contributed by atoms with Gasteiger partial charge in [0.15, 0.2) is 0 Å². The molecule has 0 spiro atoms. The molecule has 8 nitrogen and oxygen atoms in total. The van der Waals surface area contributed by atoms with Gasteiger partial charge in [-0.3, -0.25) is 20.2 Å². The van der Waals surface area contributed by atoms with Crippen molar-refractivity contribution in [2.75, 3.05) is 11.9 Å². The van der Waals surface area contributed by atoms with E-state index in [1.807, 2.05) is 0 Å². The van der Waals surface area contributed by atoms with Crippen molar-refractivity contribution in [3.8, 4) is 0 Å². The number of rotatable bonds is 5. The van der Waals surface area contributed by atoms with E-state index in [0.29, 0.717) is 5.89 Å². The highest BCUT2D eigenvalue weighted by molar-refractivity contribution is 5.90. The van der Waals surface area contributed by atoms with E-state index in [1.54, 1.807) is 6.92 Å². The second-order valence-corrected chi connectivity index (χ2v) is 3.12. The van der Waals surface area contributed by atoms with Crippen LogP contribution in [0.1, 0.15) is 12.8 Å². The lowest BCUT2D eigenvalue weighted by atomic mass is 10.3. The van der Waals surface area contributed by atoms with Gasteiger partial charge in [0, 0.05) is 6.92 Å². The van der Waals surface area contributed by atoms with Crippen molar-refractivity contribution in [3.63, 3.8) is 0 Å². The van der Waals surface area contributed by atoms with Crippen molar-refractivity contribution < 1.29 is 19.1 Å². The van der Waals surface area contributed by atoms with E-state index in [0.717, 1.165) is 0 Å². The number of nitrogens with one attached hydrogen (secondary N) is 2. The molecule has 1 heterocycles. The second-order valence-electron chi connectivity index (χ2n) is 3.12. The molecular weight excluding hydrogens is 216 g/mol. The van der Waals surface area contributed by atoms with Crippen LogP contribution >= 0.6 is 0 Å². The molecule has 1 rings (SSSR count). The van der Waals surface area contributed by atoms with Gasteiger partial charge in [0.25, 0.3) is 0 Å². The number of nitrogens with zero attached hydrogens (tertiary/aromatic N) is 2. The third-order valence-corrected chi connectivity index (χ3v) is 1.71. The average Bonchev–Trinajstić information content (AvgIpc) is 2.60. The van der Waals surface area contributed by atoms with E-state index in [4.69, 9.17) is 9.52 Å². The van der Waals surface area contributed by atoms with Gasteiger partial charge in [0.1, 0.15) is 6.04 Å². The number of aromatic nitrogens is 2. The Morgan fingerprint density at radius 1 is 1.50 bits per heavy atom. The topological polar surface area (TPSA) is 117 Å². The van der Waals surface area contributed by atoms with Crippen LogP contribution in [0.5, 0.6) is 0 Å². The van der Waals surface area contributed by atoms with Gasteiger partial charge in [-0.25, -0.2) is 0 Å². The summed E-state index contributed by atoms with van der Waals surface area (Å²) in [5.41, 5.74) is 0. The van der Waals surface area contributed by atoms with Gasteiger partial charge in [0.05, 0.1) is 6.54 Å². The van der Waals surface area contributed by atoms with Crippen LogP contribution in [0.3, 0.4) is 0 Å². The maximum Gasteiger partial charge on any atom is 0.322 e. The summed E-state index contributed by atoms with van der Waals surface area (Å²) in [4.78, 5) is 21.7. The van der Waals surface area contributed by atoms with E-state index in [-0.39, 0.29) is 12.6 Å². The zero-order valence-electron chi connectivity index (χ0n) is 8.85. The quantitative estimate of drug-likeness (QED) is 0.614. The van der Waals surface area contributed by atoms with Crippen molar-refractivity contribution in [1.29, 1.82) is 0 Å². The molecule has 3 N–H and O–H groups in total. The monoisotopic (exact) mass is 228 g/mol. The summed E-state index contributed by atoms with van der Waals surface area (Å²) >= 11 is 0. The first-order valence-electron chi connectivity index (χ1n) is 4.55. The fourth-order valence-corrected chi connectivity index (χ4v) is 0.844. The van der Waals surface area contributed by atoms with Crippen LogP contribution in [-0.2, 0) is 9.59 Å². The molecule has 0 saturated carbocycles. The third kappa shape index (κ3) is 3.65. The molecule has 16 heavy (non-hydrogen) atoms. The van der Waals surface area contributed by atoms with E-state index < -0.39 is 17.9 Å². The summed E-state index contributed by atoms with van der Waals surface area (Å²) in [6, 6.07) is -0.803. The fraction of sp³-hybridized carbons (Fsp3) is 0.500. The number of carboxylic acids is 1. The lowest BCUT2D eigenvalue weighted by Gasteiger charge is -2.07. The van der Waals surface area contributed by atoms with Crippen molar-refractivity contribution in [1.82, 2.24) is 15.5 Å². The molecule has 0 fully saturated rings. The zero-order valence-corrected chi connectivity index (χ0v) is 8.85. The predicted octanol–water partition coefficient (Wildman–Crippen LogP) is -0.621. The molecule has 8 heteroatoms. The molecule has 1 amide bonds. The molecule has 1 aromatic rings. The molecule has 88 valence electrons. The van der Waals surface area contributed by atoms with Gasteiger partial charge in [-0.2, -0.15) is 0 Å². The van der Waals surface area contributed by atoms with Crippen molar-refractivity contribution in [3.05, 3.63) is 5.89 Å². The Bertz CT molecular complexity index is 389. The first-order chi connectivity index (χ1) is 7.49. The number of carbonyl (C=O) groups excluding carboxylic acids is 1. The number of hydrogen-bond donors (Lipinski definition) is 3. The molecule has 0 aliphatic carbocycles. The Balaban J connectivity index is 2.34. The van der Waals surface area contributed by atoms with Gasteiger partial charge < -0.3 is 9.52 Å². The Kier molecular flexibility index (Phi) is 3.95. The van der Waals surface area contributed by atoms with Crippen LogP contribution in [0.2, 0.25) is 0 Å². The van der Waals surface area contributed by atoms with Crippen LogP contribution in [0.15, 0.2) is 4.42 Å². The number of carbonyl (C=O) groups is 2. The Labute approximate surface area is 91.0 Å². The maximum absolute atomic E-state index is 11.3. The second kappa shape index (κ2) is 5.21. The molecule has 0 aromatic carbocycles. The van der Waals surface area contributed by atoms with E-state index in [2.05, 4.69) is 20.8 Å². The molecule has 0 radical (unpaired) electrons. The minimum atomic E-state index is -1.03. The maximum atomic E-state index is 11.3.